The van der Waals surface area contributed by atoms with Gasteiger partial charge in [0, 0.05) is 52.9 Å². The lowest BCUT2D eigenvalue weighted by atomic mass is 10.0. The van der Waals surface area contributed by atoms with E-state index >= 15 is 0 Å². The van der Waals surface area contributed by atoms with E-state index in [-0.39, 0.29) is 11.4 Å². The molecular weight excluding hydrogens is 362 g/mol. The first-order chi connectivity index (χ1) is 8.74. The molecule has 1 heterocycles. The Kier molecular flexibility index (Phi) is 3.85. The summed E-state index contributed by atoms with van der Waals surface area (Å²) in [5, 5.41) is 0. The molecule has 2 aliphatic rings. The van der Waals surface area contributed by atoms with Crippen molar-refractivity contribution in [2.45, 2.75) is 18.4 Å². The van der Waals surface area contributed by atoms with Crippen LogP contribution in [0.1, 0.15) is 18.4 Å². The molecule has 1 saturated heterocycles. The van der Waals surface area contributed by atoms with Crippen LogP contribution in [0.3, 0.4) is 0 Å². The average Bonchev–Trinajstić information content (AvgIpc) is 3.21. The molecular formula is C13H16FIN2S. The Labute approximate surface area is 124 Å². The van der Waals surface area contributed by atoms with Crippen LogP contribution in [0, 0.1) is 5.82 Å². The highest BCUT2D eigenvalue weighted by molar-refractivity contribution is 14.2. The molecule has 0 N–H and O–H groups in total. The monoisotopic (exact) mass is 378 g/mol. The molecule has 1 aliphatic carbocycles. The van der Waals surface area contributed by atoms with E-state index in [0.717, 1.165) is 26.2 Å². The first-order valence-corrected chi connectivity index (χ1v) is 9.61. The van der Waals surface area contributed by atoms with Gasteiger partial charge < -0.3 is 0 Å². The lowest BCUT2D eigenvalue weighted by Crippen LogP contribution is -2.48. The highest BCUT2D eigenvalue weighted by Crippen LogP contribution is 2.51. The maximum Gasteiger partial charge on any atom is 0.123 e. The Morgan fingerprint density at radius 3 is 2.17 bits per heavy atom. The minimum atomic E-state index is -0.138. The van der Waals surface area contributed by atoms with Crippen LogP contribution in [0.4, 0.5) is 4.39 Å². The number of benzene rings is 1. The first kappa shape index (κ1) is 13.1. The summed E-state index contributed by atoms with van der Waals surface area (Å²) >= 11 is 2.35. The van der Waals surface area contributed by atoms with Crippen LogP contribution in [0.15, 0.2) is 24.3 Å². The van der Waals surface area contributed by atoms with Crippen LogP contribution >= 0.6 is 30.3 Å². The Hall–Kier alpha value is 0.150. The van der Waals surface area contributed by atoms with Gasteiger partial charge in [-0.15, -0.1) is 0 Å². The van der Waals surface area contributed by atoms with Crippen LogP contribution < -0.4 is 0 Å². The Morgan fingerprint density at radius 1 is 1.06 bits per heavy atom. The smallest absolute Gasteiger partial charge is 0.123 e. The molecule has 1 aromatic carbocycles. The van der Waals surface area contributed by atoms with Gasteiger partial charge >= 0.3 is 0 Å². The fourth-order valence-electron chi connectivity index (χ4n) is 2.85. The zero-order valence-electron chi connectivity index (χ0n) is 10.1. The normalized spacial score (nSPS) is 24.1. The molecule has 2 nitrogen and oxygen atoms in total. The molecule has 0 amide bonds. The third-order valence-corrected chi connectivity index (χ3v) is 6.28. The number of halogens is 2. The van der Waals surface area contributed by atoms with Gasteiger partial charge in [0.25, 0.3) is 0 Å². The van der Waals surface area contributed by atoms with E-state index in [4.69, 9.17) is 0 Å². The predicted octanol–water partition coefficient (Wildman–Crippen LogP) is 3.43. The van der Waals surface area contributed by atoms with E-state index in [1.54, 1.807) is 21.3 Å². The second-order valence-electron chi connectivity index (χ2n) is 5.02. The van der Waals surface area contributed by atoms with Crippen LogP contribution in [0.2, 0.25) is 0 Å². The summed E-state index contributed by atoms with van der Waals surface area (Å²) in [7, 11) is 1.80. The Bertz CT molecular complexity index is 414. The minimum Gasteiger partial charge on any atom is -0.291 e. The van der Waals surface area contributed by atoms with E-state index in [1.807, 2.05) is 12.1 Å². The van der Waals surface area contributed by atoms with Crippen molar-refractivity contribution in [2.75, 3.05) is 26.2 Å². The lowest BCUT2D eigenvalue weighted by molar-refractivity contribution is 0.126. The van der Waals surface area contributed by atoms with Gasteiger partial charge in [0.15, 0.2) is 0 Å². The largest absolute Gasteiger partial charge is 0.291 e. The summed E-state index contributed by atoms with van der Waals surface area (Å²) in [5.74, 6) is -0.138. The highest BCUT2D eigenvalue weighted by atomic mass is 127. The second kappa shape index (κ2) is 5.26. The Morgan fingerprint density at radius 2 is 1.67 bits per heavy atom. The van der Waals surface area contributed by atoms with E-state index < -0.39 is 0 Å². The third-order valence-electron chi connectivity index (χ3n) is 4.05. The lowest BCUT2D eigenvalue weighted by Gasteiger charge is -2.38. The van der Waals surface area contributed by atoms with Crippen molar-refractivity contribution in [3.8, 4) is 0 Å². The molecule has 2 fully saturated rings. The van der Waals surface area contributed by atoms with Crippen LogP contribution in [0.5, 0.6) is 0 Å². The maximum absolute atomic E-state index is 13.0. The summed E-state index contributed by atoms with van der Waals surface area (Å²) in [5.41, 5.74) is 1.51. The van der Waals surface area contributed by atoms with Crippen LogP contribution in [-0.2, 0) is 5.54 Å². The topological polar surface area (TPSA) is 6.48 Å². The van der Waals surface area contributed by atoms with Crippen molar-refractivity contribution in [1.82, 2.24) is 9.21 Å². The molecule has 1 aromatic rings. The number of hydrogen-bond acceptors (Lipinski definition) is 3. The van der Waals surface area contributed by atoms with E-state index in [0.29, 0.717) is 0 Å². The zero-order chi connectivity index (χ0) is 12.6. The second-order valence-corrected chi connectivity index (χ2v) is 6.86. The molecule has 18 heavy (non-hydrogen) atoms. The molecule has 1 saturated carbocycles. The summed E-state index contributed by atoms with van der Waals surface area (Å²) in [4.78, 5) is 2.59. The van der Waals surface area contributed by atoms with Crippen LogP contribution in [-0.4, -0.2) is 35.4 Å². The van der Waals surface area contributed by atoms with Crippen molar-refractivity contribution < 1.29 is 4.39 Å². The number of hydrogen-bond donors (Lipinski definition) is 0. The van der Waals surface area contributed by atoms with Gasteiger partial charge in [-0.3, -0.25) is 4.90 Å². The van der Waals surface area contributed by atoms with Crippen LogP contribution in [0.25, 0.3) is 0 Å². The molecule has 0 aromatic heterocycles. The van der Waals surface area contributed by atoms with Gasteiger partial charge in [-0.2, -0.15) is 0 Å². The molecule has 5 heteroatoms. The molecule has 0 spiro atoms. The summed E-state index contributed by atoms with van der Waals surface area (Å²) in [6, 6.07) is 7.10. The minimum absolute atomic E-state index is 0.138. The molecule has 98 valence electrons. The SMILES string of the molecule is Fc1ccc(C2(N3CCN(SI)CC3)CC2)cc1. The molecule has 0 radical (unpaired) electrons. The van der Waals surface area contributed by atoms with Crippen molar-refractivity contribution in [2.24, 2.45) is 0 Å². The van der Waals surface area contributed by atoms with Gasteiger partial charge in [-0.05, 0) is 39.7 Å². The van der Waals surface area contributed by atoms with E-state index in [9.17, 15) is 4.39 Å². The number of nitrogens with zero attached hydrogens (tertiary/aromatic N) is 2. The van der Waals surface area contributed by atoms with Crippen molar-refractivity contribution in [3.05, 3.63) is 35.6 Å². The van der Waals surface area contributed by atoms with Gasteiger partial charge in [0.1, 0.15) is 5.82 Å². The molecule has 0 bridgehead atoms. The maximum atomic E-state index is 13.0. The van der Waals surface area contributed by atoms with E-state index in [1.165, 1.54) is 18.4 Å². The van der Waals surface area contributed by atoms with Gasteiger partial charge in [-0.1, -0.05) is 12.1 Å². The standard InChI is InChI=1S/C13H16FIN2S/c14-12-3-1-11(2-4-12)13(5-6-13)16-7-9-17(18-15)10-8-16/h1-4H,5-10H2. The van der Waals surface area contributed by atoms with Crippen molar-refractivity contribution in [3.63, 3.8) is 0 Å². The zero-order valence-corrected chi connectivity index (χ0v) is 13.1. The molecule has 0 atom stereocenters. The fourth-order valence-corrected chi connectivity index (χ4v) is 4.33. The van der Waals surface area contributed by atoms with Crippen molar-refractivity contribution >= 4 is 30.3 Å². The fraction of sp³-hybridized carbons (Fsp3) is 0.538. The first-order valence-electron chi connectivity index (χ1n) is 6.29. The van der Waals surface area contributed by atoms with E-state index in [2.05, 4.69) is 30.4 Å². The quantitative estimate of drug-likeness (QED) is 0.588. The highest BCUT2D eigenvalue weighted by Gasteiger charge is 2.49. The molecule has 3 rings (SSSR count). The summed E-state index contributed by atoms with van der Waals surface area (Å²) in [6.45, 7) is 4.48. The average molecular weight is 378 g/mol. The van der Waals surface area contributed by atoms with Crippen molar-refractivity contribution in [1.29, 1.82) is 0 Å². The third kappa shape index (κ3) is 2.42. The summed E-state index contributed by atoms with van der Waals surface area (Å²) < 4.78 is 15.4. The number of piperazine rings is 1. The summed E-state index contributed by atoms with van der Waals surface area (Å²) in [6.07, 6.45) is 2.44. The number of rotatable bonds is 3. The molecule has 0 unspecified atom stereocenters. The van der Waals surface area contributed by atoms with Gasteiger partial charge in [0.05, 0.1) is 0 Å². The van der Waals surface area contributed by atoms with Gasteiger partial charge in [0.2, 0.25) is 0 Å². The Balaban J connectivity index is 1.73. The predicted molar refractivity (Wildman–Crippen MR) is 82.1 cm³/mol. The molecule has 1 aliphatic heterocycles. The van der Waals surface area contributed by atoms with Gasteiger partial charge in [-0.25, -0.2) is 8.70 Å².